The third kappa shape index (κ3) is 4.06. The first kappa shape index (κ1) is 16.8. The third-order valence-corrected chi connectivity index (χ3v) is 3.13. The Balaban J connectivity index is 1.64. The Morgan fingerprint density at radius 1 is 0.654 bits per heavy atom. The van der Waals surface area contributed by atoms with E-state index >= 15 is 0 Å². The lowest BCUT2D eigenvalue weighted by atomic mass is 10.3. The van der Waals surface area contributed by atoms with E-state index in [1.165, 1.54) is 24.3 Å². The Morgan fingerprint density at radius 3 is 1.31 bits per heavy atom. The Hall–Kier alpha value is -4.08. The van der Waals surface area contributed by atoms with Crippen LogP contribution in [0.5, 0.6) is 23.3 Å². The average Bonchev–Trinajstić information content (AvgIpc) is 2.64. The lowest BCUT2D eigenvalue weighted by molar-refractivity contribution is -0.385. The molecule has 10 nitrogen and oxygen atoms in total. The van der Waals surface area contributed by atoms with E-state index in [9.17, 15) is 20.2 Å². The van der Waals surface area contributed by atoms with Gasteiger partial charge in [0, 0.05) is 24.3 Å². The second-order valence-electron chi connectivity index (χ2n) is 4.90. The molecule has 26 heavy (non-hydrogen) atoms. The zero-order valence-electron chi connectivity index (χ0n) is 13.0. The lowest BCUT2D eigenvalue weighted by Crippen LogP contribution is -1.92. The number of hydrogen-bond donors (Lipinski definition) is 0. The van der Waals surface area contributed by atoms with Gasteiger partial charge in [0.2, 0.25) is 11.8 Å². The van der Waals surface area contributed by atoms with E-state index in [4.69, 9.17) is 9.47 Å². The average molecular weight is 354 g/mol. The maximum absolute atomic E-state index is 10.6. The molecular formula is C16H10N4O6. The molecule has 3 aromatic rings. The molecule has 1 aromatic carbocycles. The molecule has 0 bridgehead atoms. The van der Waals surface area contributed by atoms with Gasteiger partial charge in [0.15, 0.2) is 0 Å². The number of rotatable bonds is 6. The molecule has 0 saturated heterocycles. The number of aromatic nitrogens is 2. The largest absolute Gasteiger partial charge is 0.439 e. The predicted molar refractivity (Wildman–Crippen MR) is 88.4 cm³/mol. The Morgan fingerprint density at radius 2 is 1.04 bits per heavy atom. The zero-order valence-corrected chi connectivity index (χ0v) is 13.0. The summed E-state index contributed by atoms with van der Waals surface area (Å²) in [6.07, 6.45) is 2.21. The first-order chi connectivity index (χ1) is 12.5. The van der Waals surface area contributed by atoms with E-state index in [1.54, 1.807) is 24.3 Å². The van der Waals surface area contributed by atoms with Crippen molar-refractivity contribution < 1.29 is 19.3 Å². The molecule has 2 heterocycles. The van der Waals surface area contributed by atoms with E-state index < -0.39 is 9.85 Å². The van der Waals surface area contributed by atoms with Gasteiger partial charge in [0.05, 0.1) is 9.85 Å². The summed E-state index contributed by atoms with van der Waals surface area (Å²) in [6, 6.07) is 11.8. The molecular weight excluding hydrogens is 344 g/mol. The summed E-state index contributed by atoms with van der Waals surface area (Å²) in [5, 5.41) is 21.2. The first-order valence-corrected chi connectivity index (χ1v) is 7.18. The molecule has 0 saturated carbocycles. The van der Waals surface area contributed by atoms with Crippen molar-refractivity contribution in [1.29, 1.82) is 0 Å². The predicted octanol–water partition coefficient (Wildman–Crippen LogP) is 3.88. The number of hydrogen-bond acceptors (Lipinski definition) is 8. The fraction of sp³-hybridized carbons (Fsp3) is 0. The normalized spacial score (nSPS) is 10.2. The molecule has 0 unspecified atom stereocenters. The van der Waals surface area contributed by atoms with Crippen LogP contribution in [0.4, 0.5) is 11.4 Å². The van der Waals surface area contributed by atoms with Crippen molar-refractivity contribution >= 4 is 11.4 Å². The van der Waals surface area contributed by atoms with Crippen molar-refractivity contribution in [3.63, 3.8) is 0 Å². The molecule has 0 radical (unpaired) electrons. The van der Waals surface area contributed by atoms with Crippen molar-refractivity contribution in [2.75, 3.05) is 0 Å². The first-order valence-electron chi connectivity index (χ1n) is 7.18. The molecule has 3 rings (SSSR count). The number of nitro groups is 2. The highest BCUT2D eigenvalue weighted by Crippen LogP contribution is 2.26. The van der Waals surface area contributed by atoms with E-state index in [0.29, 0.717) is 11.5 Å². The molecule has 10 heteroatoms. The van der Waals surface area contributed by atoms with Crippen LogP contribution in [0.15, 0.2) is 60.9 Å². The Bertz CT molecular complexity index is 848. The van der Waals surface area contributed by atoms with Crippen molar-refractivity contribution in [2.24, 2.45) is 0 Å². The highest BCUT2D eigenvalue weighted by Gasteiger charge is 2.08. The van der Waals surface area contributed by atoms with Gasteiger partial charge in [-0.15, -0.1) is 0 Å². The van der Waals surface area contributed by atoms with Gasteiger partial charge in [-0.1, -0.05) is 0 Å². The van der Waals surface area contributed by atoms with Gasteiger partial charge in [-0.3, -0.25) is 20.2 Å². The molecule has 0 spiro atoms. The van der Waals surface area contributed by atoms with Crippen LogP contribution in [0.2, 0.25) is 0 Å². The van der Waals surface area contributed by atoms with E-state index in [2.05, 4.69) is 9.97 Å². The molecule has 2 aromatic heterocycles. The van der Waals surface area contributed by atoms with Crippen LogP contribution in [0.3, 0.4) is 0 Å². The van der Waals surface area contributed by atoms with Gasteiger partial charge >= 0.3 is 0 Å². The zero-order chi connectivity index (χ0) is 18.5. The standard InChI is InChI=1S/C16H10N4O6/c21-19(22)11-1-7-15(17-9-11)25-13-3-5-14(6-4-13)26-16-8-2-12(10-18-16)20(23)24/h1-10H. The van der Waals surface area contributed by atoms with Crippen LogP contribution >= 0.6 is 0 Å². The summed E-state index contributed by atoms with van der Waals surface area (Å²) in [7, 11) is 0. The summed E-state index contributed by atoms with van der Waals surface area (Å²) in [4.78, 5) is 27.8. The molecule has 0 aliphatic heterocycles. The van der Waals surface area contributed by atoms with Gasteiger partial charge in [0.25, 0.3) is 11.4 Å². The van der Waals surface area contributed by atoms with Crippen molar-refractivity contribution in [3.05, 3.63) is 81.2 Å². The van der Waals surface area contributed by atoms with Crippen molar-refractivity contribution in [1.82, 2.24) is 9.97 Å². The summed E-state index contributed by atoms with van der Waals surface area (Å²) < 4.78 is 11.0. The smallest absolute Gasteiger partial charge is 0.287 e. The number of nitrogens with zero attached hydrogens (tertiary/aromatic N) is 4. The van der Waals surface area contributed by atoms with Crippen LogP contribution in [0.1, 0.15) is 0 Å². The minimum absolute atomic E-state index is 0.128. The minimum Gasteiger partial charge on any atom is -0.439 e. The molecule has 0 aliphatic rings. The quantitative estimate of drug-likeness (QED) is 0.481. The maximum atomic E-state index is 10.6. The maximum Gasteiger partial charge on any atom is 0.287 e. The third-order valence-electron chi connectivity index (χ3n) is 3.13. The van der Waals surface area contributed by atoms with Gasteiger partial charge in [-0.2, -0.15) is 0 Å². The summed E-state index contributed by atoms with van der Waals surface area (Å²) >= 11 is 0. The summed E-state index contributed by atoms with van der Waals surface area (Å²) in [5.74, 6) is 1.33. The van der Waals surface area contributed by atoms with Gasteiger partial charge < -0.3 is 9.47 Å². The second-order valence-corrected chi connectivity index (χ2v) is 4.90. The van der Waals surface area contributed by atoms with Crippen LogP contribution in [-0.4, -0.2) is 19.8 Å². The van der Waals surface area contributed by atoms with E-state index in [-0.39, 0.29) is 23.1 Å². The molecule has 0 amide bonds. The fourth-order valence-corrected chi connectivity index (χ4v) is 1.90. The molecule has 0 fully saturated rings. The highest BCUT2D eigenvalue weighted by atomic mass is 16.6. The fourth-order valence-electron chi connectivity index (χ4n) is 1.90. The van der Waals surface area contributed by atoms with Crippen molar-refractivity contribution in [2.45, 2.75) is 0 Å². The topological polar surface area (TPSA) is 131 Å². The van der Waals surface area contributed by atoms with E-state index in [0.717, 1.165) is 12.4 Å². The second kappa shape index (κ2) is 7.21. The highest BCUT2D eigenvalue weighted by molar-refractivity contribution is 5.37. The van der Waals surface area contributed by atoms with Gasteiger partial charge in [-0.25, -0.2) is 9.97 Å². The summed E-state index contributed by atoms with van der Waals surface area (Å²) in [6.45, 7) is 0. The number of ether oxygens (including phenoxy) is 2. The van der Waals surface area contributed by atoms with E-state index in [1.807, 2.05) is 0 Å². The molecule has 0 atom stereocenters. The minimum atomic E-state index is -0.546. The van der Waals surface area contributed by atoms with Crippen LogP contribution in [0.25, 0.3) is 0 Å². The Kier molecular flexibility index (Phi) is 4.65. The van der Waals surface area contributed by atoms with Crippen molar-refractivity contribution in [3.8, 4) is 23.3 Å². The molecule has 130 valence electrons. The monoisotopic (exact) mass is 354 g/mol. The lowest BCUT2D eigenvalue weighted by Gasteiger charge is -2.07. The Labute approximate surface area is 146 Å². The van der Waals surface area contributed by atoms with Gasteiger partial charge in [-0.05, 0) is 24.3 Å². The number of pyridine rings is 2. The van der Waals surface area contributed by atoms with Crippen LogP contribution in [0, 0.1) is 20.2 Å². The number of benzene rings is 1. The molecule has 0 aliphatic carbocycles. The van der Waals surface area contributed by atoms with Crippen LogP contribution < -0.4 is 9.47 Å². The summed E-state index contributed by atoms with van der Waals surface area (Å²) in [5.41, 5.74) is -0.256. The SMILES string of the molecule is O=[N+]([O-])c1ccc(Oc2ccc(Oc3ccc([N+](=O)[O-])cn3)cc2)nc1. The molecule has 0 N–H and O–H groups in total. The van der Waals surface area contributed by atoms with Gasteiger partial charge in [0.1, 0.15) is 23.9 Å². The van der Waals surface area contributed by atoms with Crippen LogP contribution in [-0.2, 0) is 0 Å².